The first-order valence-electron chi connectivity index (χ1n) is 10.0. The van der Waals surface area contributed by atoms with Crippen molar-refractivity contribution in [2.24, 2.45) is 0 Å². The van der Waals surface area contributed by atoms with Gasteiger partial charge in [-0.05, 0) is 66.4 Å². The minimum atomic E-state index is -0.195. The van der Waals surface area contributed by atoms with Crippen molar-refractivity contribution < 1.29 is 18.8 Å². The number of hydrogen-bond acceptors (Lipinski definition) is 6. The monoisotopic (exact) mass is 403 g/mol. The number of carbonyl (C=O) groups excluding carboxylic acids is 1. The number of anilines is 1. The van der Waals surface area contributed by atoms with Crippen LogP contribution in [0.15, 0.2) is 53.1 Å². The maximum Gasteiger partial charge on any atom is 0.248 e. The number of amides is 1. The van der Waals surface area contributed by atoms with Crippen LogP contribution in [0.4, 0.5) is 5.69 Å². The van der Waals surface area contributed by atoms with Crippen LogP contribution < -0.4 is 14.8 Å². The molecule has 1 fully saturated rings. The Bertz CT molecular complexity index is 1080. The lowest BCUT2D eigenvalue weighted by Crippen LogP contribution is -2.07. The van der Waals surface area contributed by atoms with E-state index in [-0.39, 0.29) is 12.5 Å². The largest absolute Gasteiger partial charge is 0.493 e. The van der Waals surface area contributed by atoms with Crippen LogP contribution in [-0.2, 0) is 17.8 Å². The summed E-state index contributed by atoms with van der Waals surface area (Å²) in [5.41, 5.74) is 2.84. The van der Waals surface area contributed by atoms with Crippen molar-refractivity contribution in [1.82, 2.24) is 10.1 Å². The maximum absolute atomic E-state index is 12.2. The predicted molar refractivity (Wildman–Crippen MR) is 110 cm³/mol. The first-order valence-corrected chi connectivity index (χ1v) is 10.0. The van der Waals surface area contributed by atoms with Gasteiger partial charge in [0.25, 0.3) is 0 Å². The van der Waals surface area contributed by atoms with Gasteiger partial charge in [-0.25, -0.2) is 0 Å². The van der Waals surface area contributed by atoms with Crippen molar-refractivity contribution in [2.75, 3.05) is 11.9 Å². The van der Waals surface area contributed by atoms with E-state index in [4.69, 9.17) is 14.0 Å². The standard InChI is InChI=1S/C23H21N3O4/c27-22(10-2-15-1-9-20-17(13-15)11-12-28-20)24-18-5-7-19(8-6-18)29-14-21-25-23(30-26-21)16-3-4-16/h1-2,5-10,13,16H,3-4,11-12,14H2,(H,24,27)/b10-2+. The molecule has 1 aliphatic carbocycles. The molecular formula is C23H21N3O4. The van der Waals surface area contributed by atoms with E-state index in [9.17, 15) is 4.79 Å². The van der Waals surface area contributed by atoms with Gasteiger partial charge in [-0.3, -0.25) is 4.79 Å². The van der Waals surface area contributed by atoms with Crippen LogP contribution in [-0.4, -0.2) is 22.7 Å². The van der Waals surface area contributed by atoms with Crippen molar-refractivity contribution in [3.05, 3.63) is 71.4 Å². The number of ether oxygens (including phenoxy) is 2. The third kappa shape index (κ3) is 4.35. The van der Waals surface area contributed by atoms with E-state index >= 15 is 0 Å². The Morgan fingerprint density at radius 2 is 2.07 bits per heavy atom. The minimum absolute atomic E-state index is 0.195. The normalized spacial score (nSPS) is 15.1. The summed E-state index contributed by atoms with van der Waals surface area (Å²) in [6, 6.07) is 13.1. The van der Waals surface area contributed by atoms with Gasteiger partial charge in [0.1, 0.15) is 11.5 Å². The second kappa shape index (κ2) is 8.02. The fourth-order valence-corrected chi connectivity index (χ4v) is 3.27. The molecule has 3 aromatic rings. The van der Waals surface area contributed by atoms with Crippen LogP contribution in [0.2, 0.25) is 0 Å². The lowest BCUT2D eigenvalue weighted by molar-refractivity contribution is -0.111. The van der Waals surface area contributed by atoms with Gasteiger partial charge < -0.3 is 19.3 Å². The summed E-state index contributed by atoms with van der Waals surface area (Å²) < 4.78 is 16.4. The van der Waals surface area contributed by atoms with Crippen molar-refractivity contribution in [3.63, 3.8) is 0 Å². The summed E-state index contributed by atoms with van der Waals surface area (Å²) in [7, 11) is 0. The summed E-state index contributed by atoms with van der Waals surface area (Å²) in [6.45, 7) is 0.968. The molecule has 2 aliphatic rings. The molecule has 2 heterocycles. The van der Waals surface area contributed by atoms with Gasteiger partial charge >= 0.3 is 0 Å². The summed E-state index contributed by atoms with van der Waals surface area (Å²) in [4.78, 5) is 16.5. The Labute approximate surface area is 173 Å². The molecule has 0 radical (unpaired) electrons. The first-order chi connectivity index (χ1) is 14.7. The van der Waals surface area contributed by atoms with Crippen molar-refractivity contribution in [3.8, 4) is 11.5 Å². The quantitative estimate of drug-likeness (QED) is 0.598. The number of fused-ring (bicyclic) bond motifs is 1. The maximum atomic E-state index is 12.2. The van der Waals surface area contributed by atoms with E-state index in [1.165, 1.54) is 11.6 Å². The van der Waals surface area contributed by atoms with Crippen molar-refractivity contribution in [1.29, 1.82) is 0 Å². The van der Waals surface area contributed by atoms with E-state index in [1.807, 2.05) is 12.1 Å². The molecule has 152 valence electrons. The zero-order valence-corrected chi connectivity index (χ0v) is 16.3. The smallest absolute Gasteiger partial charge is 0.248 e. The molecule has 7 heteroatoms. The number of nitrogens with zero attached hydrogens (tertiary/aromatic N) is 2. The number of hydrogen-bond donors (Lipinski definition) is 1. The number of aromatic nitrogens is 2. The first kappa shape index (κ1) is 18.4. The molecule has 0 atom stereocenters. The topological polar surface area (TPSA) is 86.5 Å². The third-order valence-corrected chi connectivity index (χ3v) is 5.04. The van der Waals surface area contributed by atoms with Gasteiger partial charge in [0.15, 0.2) is 6.61 Å². The van der Waals surface area contributed by atoms with E-state index in [0.29, 0.717) is 29.1 Å². The number of benzene rings is 2. The van der Waals surface area contributed by atoms with E-state index in [2.05, 4.69) is 21.5 Å². The Balaban J connectivity index is 1.13. The lowest BCUT2D eigenvalue weighted by Gasteiger charge is -2.06. The van der Waals surface area contributed by atoms with E-state index < -0.39 is 0 Å². The molecule has 0 spiro atoms. The second-order valence-corrected chi connectivity index (χ2v) is 7.42. The van der Waals surface area contributed by atoms with Crippen LogP contribution in [0.5, 0.6) is 11.5 Å². The molecule has 2 aromatic carbocycles. The molecule has 30 heavy (non-hydrogen) atoms. The fourth-order valence-electron chi connectivity index (χ4n) is 3.27. The highest BCUT2D eigenvalue weighted by atomic mass is 16.5. The Morgan fingerprint density at radius 3 is 2.90 bits per heavy atom. The molecule has 1 N–H and O–H groups in total. The molecule has 1 aromatic heterocycles. The number of carbonyl (C=O) groups is 1. The zero-order valence-electron chi connectivity index (χ0n) is 16.3. The van der Waals surface area contributed by atoms with Crippen LogP contribution in [0.25, 0.3) is 6.08 Å². The molecule has 0 unspecified atom stereocenters. The van der Waals surface area contributed by atoms with Crippen LogP contribution in [0, 0.1) is 0 Å². The third-order valence-electron chi connectivity index (χ3n) is 5.04. The van der Waals surface area contributed by atoms with Crippen molar-refractivity contribution >= 4 is 17.7 Å². The van der Waals surface area contributed by atoms with Gasteiger partial charge in [0.05, 0.1) is 6.61 Å². The molecular weight excluding hydrogens is 382 g/mol. The molecule has 0 bridgehead atoms. The Morgan fingerprint density at radius 1 is 1.20 bits per heavy atom. The number of rotatable bonds is 7. The van der Waals surface area contributed by atoms with Gasteiger partial charge in [-0.1, -0.05) is 11.2 Å². The van der Waals surface area contributed by atoms with Gasteiger partial charge in [-0.2, -0.15) is 4.98 Å². The van der Waals surface area contributed by atoms with Gasteiger partial charge in [-0.15, -0.1) is 0 Å². The molecule has 1 amide bonds. The number of nitrogens with one attached hydrogen (secondary N) is 1. The van der Waals surface area contributed by atoms with Crippen molar-refractivity contribution in [2.45, 2.75) is 31.8 Å². The summed E-state index contributed by atoms with van der Waals surface area (Å²) in [6.07, 6.45) is 6.47. The van der Waals surface area contributed by atoms with Gasteiger partial charge in [0, 0.05) is 24.1 Å². The summed E-state index contributed by atoms with van der Waals surface area (Å²) in [5, 5.41) is 6.77. The molecule has 1 saturated carbocycles. The van der Waals surface area contributed by atoms with Crippen LogP contribution in [0.1, 0.15) is 41.6 Å². The summed E-state index contributed by atoms with van der Waals surface area (Å²) in [5.74, 6) is 3.08. The molecule has 0 saturated heterocycles. The summed E-state index contributed by atoms with van der Waals surface area (Å²) >= 11 is 0. The second-order valence-electron chi connectivity index (χ2n) is 7.42. The average Bonchev–Trinajstić information content (AvgIpc) is 3.32. The van der Waals surface area contributed by atoms with Crippen LogP contribution in [0.3, 0.4) is 0 Å². The highest BCUT2D eigenvalue weighted by molar-refractivity contribution is 6.01. The average molecular weight is 403 g/mol. The highest BCUT2D eigenvalue weighted by Gasteiger charge is 2.29. The zero-order chi connectivity index (χ0) is 20.3. The minimum Gasteiger partial charge on any atom is -0.493 e. The Kier molecular flexibility index (Phi) is 4.93. The SMILES string of the molecule is O=C(/C=C/c1ccc2c(c1)CCO2)Nc1ccc(OCc2noc(C3CC3)n2)cc1. The highest BCUT2D eigenvalue weighted by Crippen LogP contribution is 2.38. The fraction of sp³-hybridized carbons (Fsp3) is 0.261. The lowest BCUT2D eigenvalue weighted by atomic mass is 10.1. The molecule has 5 rings (SSSR count). The predicted octanol–water partition coefficient (Wildman–Crippen LogP) is 4.11. The molecule has 1 aliphatic heterocycles. The van der Waals surface area contributed by atoms with E-state index in [1.54, 1.807) is 30.3 Å². The van der Waals surface area contributed by atoms with E-state index in [0.717, 1.165) is 37.2 Å². The van der Waals surface area contributed by atoms with Gasteiger partial charge in [0.2, 0.25) is 17.6 Å². The van der Waals surface area contributed by atoms with Crippen LogP contribution >= 0.6 is 0 Å². The Hall–Kier alpha value is -3.61. The molecule has 7 nitrogen and oxygen atoms in total.